The first-order valence-corrected chi connectivity index (χ1v) is 6.03. The van der Waals surface area contributed by atoms with Crippen molar-refractivity contribution in [2.75, 3.05) is 26.7 Å². The van der Waals surface area contributed by atoms with Gasteiger partial charge in [0.25, 0.3) is 0 Å². The van der Waals surface area contributed by atoms with Crippen LogP contribution in [0.25, 0.3) is 0 Å². The van der Waals surface area contributed by atoms with Crippen LogP contribution in [-0.2, 0) is 4.79 Å². The van der Waals surface area contributed by atoms with Crippen molar-refractivity contribution in [1.29, 1.82) is 0 Å². The minimum Gasteiger partial charge on any atom is -0.320 e. The van der Waals surface area contributed by atoms with Crippen molar-refractivity contribution in [3.63, 3.8) is 0 Å². The molecule has 0 aliphatic carbocycles. The fourth-order valence-electron chi connectivity index (χ4n) is 0.802. The molecular weight excluding hydrogens is 188 g/mol. The van der Waals surface area contributed by atoms with Crippen LogP contribution < -0.4 is 10.6 Å². The van der Waals surface area contributed by atoms with E-state index in [0.29, 0.717) is 6.42 Å². The molecule has 0 radical (unpaired) electrons. The Morgan fingerprint density at radius 2 is 1.60 bits per heavy atom. The number of carbonyl (C=O) groups excluding carboxylic acids is 1. The number of hydrogen-bond donors (Lipinski definition) is 2. The van der Waals surface area contributed by atoms with Crippen LogP contribution in [0, 0.1) is 0 Å². The van der Waals surface area contributed by atoms with Crippen LogP contribution in [-0.4, -0.2) is 32.5 Å². The van der Waals surface area contributed by atoms with Crippen LogP contribution in [0.2, 0.25) is 0 Å². The highest BCUT2D eigenvalue weighted by atomic mass is 16.1. The maximum Gasteiger partial charge on any atom is 0.129 e. The molecular formula is C12H28N2O. The molecule has 1 aliphatic rings. The molecule has 1 fully saturated rings. The lowest BCUT2D eigenvalue weighted by Gasteiger charge is -2.08. The Morgan fingerprint density at radius 1 is 1.20 bits per heavy atom. The average molecular weight is 216 g/mol. The van der Waals surface area contributed by atoms with E-state index in [1.165, 1.54) is 32.4 Å². The predicted molar refractivity (Wildman–Crippen MR) is 67.3 cm³/mol. The standard InChI is InChI=1S/C5H11N.C4H8O.C3H9N/c1-2-4-6-5-3-1;1-3-4(2)5;1-3-4-2/h6H,1-5H2;3H2,1-2H3;4H,3H2,1-2H3. The number of hydrogen-bond acceptors (Lipinski definition) is 3. The Bertz CT molecular complexity index is 109. The molecule has 0 aromatic carbocycles. The van der Waals surface area contributed by atoms with E-state index < -0.39 is 0 Å². The third-order valence-corrected chi connectivity index (χ3v) is 2.06. The summed E-state index contributed by atoms with van der Waals surface area (Å²) in [6, 6.07) is 0. The van der Waals surface area contributed by atoms with Gasteiger partial charge in [0.2, 0.25) is 0 Å². The van der Waals surface area contributed by atoms with Crippen molar-refractivity contribution in [3.05, 3.63) is 0 Å². The Kier molecular flexibility index (Phi) is 18.2. The summed E-state index contributed by atoms with van der Waals surface area (Å²) >= 11 is 0. The molecule has 1 heterocycles. The molecule has 15 heavy (non-hydrogen) atoms. The molecule has 1 saturated heterocycles. The van der Waals surface area contributed by atoms with E-state index in [4.69, 9.17) is 0 Å². The Balaban J connectivity index is 0. The summed E-state index contributed by atoms with van der Waals surface area (Å²) in [6.45, 7) is 9.07. The number of carbonyl (C=O) groups is 1. The predicted octanol–water partition coefficient (Wildman–Crippen LogP) is 1.97. The van der Waals surface area contributed by atoms with E-state index in [-0.39, 0.29) is 5.78 Å². The summed E-state index contributed by atoms with van der Waals surface area (Å²) in [5, 5.41) is 6.22. The molecule has 0 spiro atoms. The van der Waals surface area contributed by atoms with Gasteiger partial charge in [0, 0.05) is 6.42 Å². The molecule has 0 aromatic rings. The largest absolute Gasteiger partial charge is 0.320 e. The smallest absolute Gasteiger partial charge is 0.129 e. The topological polar surface area (TPSA) is 41.1 Å². The molecule has 0 atom stereocenters. The van der Waals surface area contributed by atoms with Gasteiger partial charge in [-0.25, -0.2) is 0 Å². The van der Waals surface area contributed by atoms with Crippen molar-refractivity contribution in [1.82, 2.24) is 10.6 Å². The number of rotatable bonds is 2. The van der Waals surface area contributed by atoms with Gasteiger partial charge >= 0.3 is 0 Å². The summed E-state index contributed by atoms with van der Waals surface area (Å²) in [6.07, 6.45) is 4.88. The van der Waals surface area contributed by atoms with Gasteiger partial charge in [-0.15, -0.1) is 0 Å². The van der Waals surface area contributed by atoms with E-state index in [1.807, 2.05) is 14.0 Å². The fraction of sp³-hybridized carbons (Fsp3) is 0.917. The number of ketones is 1. The number of nitrogens with one attached hydrogen (secondary N) is 2. The number of piperidine rings is 1. The summed E-state index contributed by atoms with van der Waals surface area (Å²) in [4.78, 5) is 9.81. The molecule has 0 amide bonds. The molecule has 0 bridgehead atoms. The minimum atomic E-state index is 0.255. The summed E-state index contributed by atoms with van der Waals surface area (Å²) in [7, 11) is 1.93. The number of Topliss-reactive ketones (excluding diaryl/α,β-unsaturated/α-hetero) is 1. The highest BCUT2D eigenvalue weighted by Gasteiger charge is 1.93. The van der Waals surface area contributed by atoms with Gasteiger partial charge < -0.3 is 15.4 Å². The zero-order chi connectivity index (χ0) is 11.9. The fourth-order valence-corrected chi connectivity index (χ4v) is 0.802. The molecule has 1 aliphatic heterocycles. The van der Waals surface area contributed by atoms with Crippen LogP contribution in [0.4, 0.5) is 0 Å². The Morgan fingerprint density at radius 3 is 1.67 bits per heavy atom. The molecule has 92 valence electrons. The molecule has 0 saturated carbocycles. The van der Waals surface area contributed by atoms with Gasteiger partial charge in [-0.1, -0.05) is 20.3 Å². The van der Waals surface area contributed by atoms with Crippen LogP contribution >= 0.6 is 0 Å². The van der Waals surface area contributed by atoms with Crippen LogP contribution in [0.1, 0.15) is 46.5 Å². The van der Waals surface area contributed by atoms with E-state index >= 15 is 0 Å². The monoisotopic (exact) mass is 216 g/mol. The molecule has 1 rings (SSSR count). The van der Waals surface area contributed by atoms with Crippen LogP contribution in [0.15, 0.2) is 0 Å². The summed E-state index contributed by atoms with van der Waals surface area (Å²) < 4.78 is 0. The third kappa shape index (κ3) is 24.7. The molecule has 3 nitrogen and oxygen atoms in total. The summed E-state index contributed by atoms with van der Waals surface area (Å²) in [5.41, 5.74) is 0. The van der Waals surface area contributed by atoms with Gasteiger partial charge in [0.15, 0.2) is 0 Å². The summed E-state index contributed by atoms with van der Waals surface area (Å²) in [5.74, 6) is 0.255. The van der Waals surface area contributed by atoms with Gasteiger partial charge in [0.05, 0.1) is 0 Å². The third-order valence-electron chi connectivity index (χ3n) is 2.06. The van der Waals surface area contributed by atoms with Crippen molar-refractivity contribution in [2.45, 2.75) is 46.5 Å². The molecule has 2 N–H and O–H groups in total. The molecule has 3 heteroatoms. The second-order valence-corrected chi connectivity index (χ2v) is 3.57. The normalized spacial score (nSPS) is 14.1. The highest BCUT2D eigenvalue weighted by molar-refractivity contribution is 5.74. The molecule has 0 aromatic heterocycles. The first kappa shape index (κ1) is 17.0. The van der Waals surface area contributed by atoms with Gasteiger partial charge in [-0.05, 0) is 46.4 Å². The maximum atomic E-state index is 9.81. The average Bonchev–Trinajstić information content (AvgIpc) is 2.32. The lowest BCUT2D eigenvalue weighted by molar-refractivity contribution is -0.116. The minimum absolute atomic E-state index is 0.255. The van der Waals surface area contributed by atoms with E-state index in [0.717, 1.165) is 6.54 Å². The van der Waals surface area contributed by atoms with Crippen molar-refractivity contribution in [2.24, 2.45) is 0 Å². The van der Waals surface area contributed by atoms with E-state index in [2.05, 4.69) is 17.6 Å². The van der Waals surface area contributed by atoms with Crippen molar-refractivity contribution >= 4 is 5.78 Å². The van der Waals surface area contributed by atoms with Crippen LogP contribution in [0.5, 0.6) is 0 Å². The van der Waals surface area contributed by atoms with Gasteiger partial charge in [-0.3, -0.25) is 0 Å². The lowest BCUT2D eigenvalue weighted by atomic mass is 10.2. The molecule has 0 unspecified atom stereocenters. The van der Waals surface area contributed by atoms with E-state index in [9.17, 15) is 4.79 Å². The first-order valence-electron chi connectivity index (χ1n) is 6.03. The van der Waals surface area contributed by atoms with Gasteiger partial charge in [-0.2, -0.15) is 0 Å². The second-order valence-electron chi connectivity index (χ2n) is 3.57. The quantitative estimate of drug-likeness (QED) is 0.741. The van der Waals surface area contributed by atoms with Crippen molar-refractivity contribution in [3.8, 4) is 0 Å². The van der Waals surface area contributed by atoms with Crippen molar-refractivity contribution < 1.29 is 4.79 Å². The first-order chi connectivity index (χ1) is 7.18. The maximum absolute atomic E-state index is 9.81. The van der Waals surface area contributed by atoms with Gasteiger partial charge in [0.1, 0.15) is 5.78 Å². The lowest BCUT2D eigenvalue weighted by Crippen LogP contribution is -2.21. The van der Waals surface area contributed by atoms with Crippen LogP contribution in [0.3, 0.4) is 0 Å². The highest BCUT2D eigenvalue weighted by Crippen LogP contribution is 1.96. The van der Waals surface area contributed by atoms with E-state index in [1.54, 1.807) is 6.92 Å². The Hall–Kier alpha value is -0.410. The zero-order valence-corrected chi connectivity index (χ0v) is 10.9. The SMILES string of the molecule is C1CCNCC1.CCC(C)=O.CCNC. The Labute approximate surface area is 95.0 Å². The zero-order valence-electron chi connectivity index (χ0n) is 10.9. The second kappa shape index (κ2) is 16.0.